The van der Waals surface area contributed by atoms with E-state index in [2.05, 4.69) is 16.0 Å². The number of rotatable bonds is 4. The van der Waals surface area contributed by atoms with Gasteiger partial charge in [0.25, 0.3) is 0 Å². The fourth-order valence-electron chi connectivity index (χ4n) is 4.34. The largest absolute Gasteiger partial charge is 0.346 e. The third-order valence-electron chi connectivity index (χ3n) is 5.67. The van der Waals surface area contributed by atoms with Crippen molar-refractivity contribution >= 4 is 40.7 Å². The lowest BCUT2D eigenvalue weighted by Gasteiger charge is -2.24. The molecule has 2 aromatic carbocycles. The maximum absolute atomic E-state index is 12.4. The molecule has 2 aromatic rings. The van der Waals surface area contributed by atoms with Crippen LogP contribution in [0.25, 0.3) is 10.8 Å². The van der Waals surface area contributed by atoms with E-state index in [1.165, 1.54) is 19.3 Å². The second-order valence-electron chi connectivity index (χ2n) is 7.40. The molecule has 1 heterocycles. The highest BCUT2D eigenvalue weighted by molar-refractivity contribution is 6.03. The van der Waals surface area contributed by atoms with Crippen LogP contribution < -0.4 is 16.0 Å². The monoisotopic (exact) mass is 387 g/mol. The van der Waals surface area contributed by atoms with E-state index in [1.54, 1.807) is 0 Å². The van der Waals surface area contributed by atoms with Gasteiger partial charge in [-0.15, -0.1) is 12.4 Å². The number of fused-ring (bicyclic) bond motifs is 2. The predicted molar refractivity (Wildman–Crippen MR) is 110 cm³/mol. The topological polar surface area (TPSA) is 70.2 Å². The zero-order valence-corrected chi connectivity index (χ0v) is 16.1. The molecule has 1 aliphatic heterocycles. The van der Waals surface area contributed by atoms with Gasteiger partial charge in [0.05, 0.1) is 12.6 Å². The lowest BCUT2D eigenvalue weighted by Crippen LogP contribution is -2.45. The van der Waals surface area contributed by atoms with E-state index in [0.717, 1.165) is 29.3 Å². The molecule has 1 aliphatic carbocycles. The second kappa shape index (κ2) is 8.72. The number of carbonyl (C=O) groups is 2. The molecule has 144 valence electrons. The van der Waals surface area contributed by atoms with Gasteiger partial charge in [-0.25, -0.2) is 0 Å². The highest BCUT2D eigenvalue weighted by Gasteiger charge is 2.38. The van der Waals surface area contributed by atoms with Crippen molar-refractivity contribution in [1.82, 2.24) is 10.6 Å². The standard InChI is InChI=1S/C21H25N3O2.ClH/c25-20(24-18-11-5-8-14-6-1-3-9-16(14)18)13-22-21(26)19-12-15-7-2-4-10-17(15)23-19;/h1,3,5-6,8-9,11,15,17,19,23H,2,4,7,10,12-13H2,(H,22,26)(H,24,25);1H. The fraction of sp³-hybridized carbons (Fsp3) is 0.429. The maximum atomic E-state index is 12.4. The first-order chi connectivity index (χ1) is 12.7. The highest BCUT2D eigenvalue weighted by Crippen LogP contribution is 2.33. The molecule has 6 heteroatoms. The van der Waals surface area contributed by atoms with Crippen LogP contribution in [0.15, 0.2) is 42.5 Å². The molecule has 0 bridgehead atoms. The summed E-state index contributed by atoms with van der Waals surface area (Å²) < 4.78 is 0. The molecule has 2 aliphatic rings. The Balaban J connectivity index is 0.00000210. The van der Waals surface area contributed by atoms with E-state index in [-0.39, 0.29) is 36.8 Å². The summed E-state index contributed by atoms with van der Waals surface area (Å²) in [5.74, 6) is 0.349. The third-order valence-corrected chi connectivity index (χ3v) is 5.67. The van der Waals surface area contributed by atoms with Crippen molar-refractivity contribution in [1.29, 1.82) is 0 Å². The van der Waals surface area contributed by atoms with E-state index in [1.807, 2.05) is 42.5 Å². The first-order valence-corrected chi connectivity index (χ1v) is 9.52. The van der Waals surface area contributed by atoms with Crippen molar-refractivity contribution in [2.45, 2.75) is 44.2 Å². The van der Waals surface area contributed by atoms with Gasteiger partial charge in [0, 0.05) is 17.1 Å². The average molecular weight is 388 g/mol. The lowest BCUT2D eigenvalue weighted by molar-refractivity contribution is -0.125. The van der Waals surface area contributed by atoms with Gasteiger partial charge in [0.2, 0.25) is 11.8 Å². The summed E-state index contributed by atoms with van der Waals surface area (Å²) in [5, 5.41) is 11.2. The molecule has 3 N–H and O–H groups in total. The molecule has 4 rings (SSSR count). The van der Waals surface area contributed by atoms with Crippen LogP contribution >= 0.6 is 12.4 Å². The summed E-state index contributed by atoms with van der Waals surface area (Å²) in [6.07, 6.45) is 5.78. The number of anilines is 1. The van der Waals surface area contributed by atoms with Gasteiger partial charge >= 0.3 is 0 Å². The number of hydrogen-bond acceptors (Lipinski definition) is 3. The van der Waals surface area contributed by atoms with E-state index in [9.17, 15) is 9.59 Å². The summed E-state index contributed by atoms with van der Waals surface area (Å²) in [7, 11) is 0. The summed E-state index contributed by atoms with van der Waals surface area (Å²) in [5.41, 5.74) is 0.771. The Morgan fingerprint density at radius 1 is 1.04 bits per heavy atom. The van der Waals surface area contributed by atoms with Crippen LogP contribution in [0.3, 0.4) is 0 Å². The molecular weight excluding hydrogens is 362 g/mol. The summed E-state index contributed by atoms with van der Waals surface area (Å²) >= 11 is 0. The van der Waals surface area contributed by atoms with Crippen molar-refractivity contribution in [3.8, 4) is 0 Å². The van der Waals surface area contributed by atoms with E-state index in [0.29, 0.717) is 12.0 Å². The highest BCUT2D eigenvalue weighted by atomic mass is 35.5. The summed E-state index contributed by atoms with van der Waals surface area (Å²) in [4.78, 5) is 24.7. The molecule has 0 radical (unpaired) electrons. The lowest BCUT2D eigenvalue weighted by atomic mass is 9.85. The molecular formula is C21H26ClN3O2. The molecule has 3 atom stereocenters. The van der Waals surface area contributed by atoms with E-state index < -0.39 is 0 Å². The number of hydrogen-bond donors (Lipinski definition) is 3. The first kappa shape index (κ1) is 19.6. The van der Waals surface area contributed by atoms with Gasteiger partial charge in [-0.3, -0.25) is 9.59 Å². The molecule has 2 fully saturated rings. The number of carbonyl (C=O) groups excluding carboxylic acids is 2. The normalized spacial score (nSPS) is 23.9. The minimum atomic E-state index is -0.204. The van der Waals surface area contributed by atoms with Crippen molar-refractivity contribution < 1.29 is 9.59 Å². The number of halogens is 1. The van der Waals surface area contributed by atoms with E-state index in [4.69, 9.17) is 0 Å². The summed E-state index contributed by atoms with van der Waals surface area (Å²) in [6, 6.07) is 14.0. The SMILES string of the molecule is Cl.O=C(CNC(=O)C1CC2CCCCC2N1)Nc1cccc2ccccc12. The van der Waals surface area contributed by atoms with Gasteiger partial charge in [-0.05, 0) is 36.6 Å². The zero-order valence-electron chi connectivity index (χ0n) is 15.2. The number of nitrogens with one attached hydrogen (secondary N) is 3. The van der Waals surface area contributed by atoms with Crippen LogP contribution in [-0.2, 0) is 9.59 Å². The molecule has 1 saturated heterocycles. The minimum Gasteiger partial charge on any atom is -0.346 e. The van der Waals surface area contributed by atoms with Crippen molar-refractivity contribution in [3.63, 3.8) is 0 Å². The number of benzene rings is 2. The van der Waals surface area contributed by atoms with Crippen LogP contribution in [0, 0.1) is 5.92 Å². The Kier molecular flexibility index (Phi) is 6.34. The number of amides is 2. The van der Waals surface area contributed by atoms with Gasteiger partial charge in [0.15, 0.2) is 0 Å². The summed E-state index contributed by atoms with van der Waals surface area (Å²) in [6.45, 7) is -0.00440. The quantitative estimate of drug-likeness (QED) is 0.754. The van der Waals surface area contributed by atoms with E-state index >= 15 is 0 Å². The van der Waals surface area contributed by atoms with Gasteiger partial charge in [-0.2, -0.15) is 0 Å². The van der Waals surface area contributed by atoms with Gasteiger partial charge in [-0.1, -0.05) is 49.2 Å². The van der Waals surface area contributed by atoms with Crippen molar-refractivity contribution in [2.24, 2.45) is 5.92 Å². The molecule has 27 heavy (non-hydrogen) atoms. The maximum Gasteiger partial charge on any atom is 0.243 e. The Labute approximate surface area is 165 Å². The van der Waals surface area contributed by atoms with Crippen LogP contribution in [0.5, 0.6) is 0 Å². The average Bonchev–Trinajstić information content (AvgIpc) is 3.11. The predicted octanol–water partition coefficient (Wildman–Crippen LogP) is 3.24. The zero-order chi connectivity index (χ0) is 17.9. The van der Waals surface area contributed by atoms with Crippen LogP contribution in [0.1, 0.15) is 32.1 Å². The second-order valence-corrected chi connectivity index (χ2v) is 7.40. The third kappa shape index (κ3) is 4.42. The Hall–Kier alpha value is -2.11. The molecule has 1 saturated carbocycles. The fourth-order valence-corrected chi connectivity index (χ4v) is 4.34. The molecule has 3 unspecified atom stereocenters. The van der Waals surface area contributed by atoms with Crippen LogP contribution in [0.2, 0.25) is 0 Å². The molecule has 0 spiro atoms. The Bertz CT molecular complexity index is 807. The minimum absolute atomic E-state index is 0. The molecule has 0 aromatic heterocycles. The molecule has 5 nitrogen and oxygen atoms in total. The Morgan fingerprint density at radius 3 is 2.67 bits per heavy atom. The van der Waals surface area contributed by atoms with Crippen LogP contribution in [0.4, 0.5) is 5.69 Å². The van der Waals surface area contributed by atoms with Crippen molar-refractivity contribution in [2.75, 3.05) is 11.9 Å². The smallest absolute Gasteiger partial charge is 0.243 e. The van der Waals surface area contributed by atoms with Gasteiger partial charge in [0.1, 0.15) is 0 Å². The molecule has 2 amide bonds. The van der Waals surface area contributed by atoms with Crippen LogP contribution in [-0.4, -0.2) is 30.4 Å². The van der Waals surface area contributed by atoms with Gasteiger partial charge < -0.3 is 16.0 Å². The first-order valence-electron chi connectivity index (χ1n) is 9.52. The Morgan fingerprint density at radius 2 is 1.81 bits per heavy atom. The van der Waals surface area contributed by atoms with Crippen molar-refractivity contribution in [3.05, 3.63) is 42.5 Å².